The Morgan fingerprint density at radius 3 is 2.33 bits per heavy atom. The van der Waals surface area contributed by atoms with Gasteiger partial charge in [-0.15, -0.1) is 5.10 Å². The molecule has 0 unspecified atom stereocenters. The van der Waals surface area contributed by atoms with Crippen molar-refractivity contribution in [3.63, 3.8) is 0 Å². The summed E-state index contributed by atoms with van der Waals surface area (Å²) in [7, 11) is 0. The first kappa shape index (κ1) is 27.8. The van der Waals surface area contributed by atoms with Crippen molar-refractivity contribution in [3.05, 3.63) is 77.6 Å². The van der Waals surface area contributed by atoms with Crippen LogP contribution in [0.25, 0.3) is 0 Å². The van der Waals surface area contributed by atoms with Crippen molar-refractivity contribution >= 4 is 34.8 Å². The summed E-state index contributed by atoms with van der Waals surface area (Å²) in [5.74, 6) is -0.864. The summed E-state index contributed by atoms with van der Waals surface area (Å²) in [6.07, 6.45) is 7.66. The van der Waals surface area contributed by atoms with Crippen molar-refractivity contribution in [2.45, 2.75) is 51.3 Å². The van der Waals surface area contributed by atoms with Crippen molar-refractivity contribution in [2.75, 3.05) is 34.4 Å². The van der Waals surface area contributed by atoms with E-state index in [0.29, 0.717) is 62.3 Å². The summed E-state index contributed by atoms with van der Waals surface area (Å²) in [4.78, 5) is 43.0. The number of aliphatic hydroxyl groups excluding tert-OH is 1. The van der Waals surface area contributed by atoms with Gasteiger partial charge in [-0.2, -0.15) is 0 Å². The third-order valence-corrected chi connectivity index (χ3v) is 8.42. The second-order valence-corrected chi connectivity index (χ2v) is 11.1. The molecule has 2 saturated heterocycles. The first-order chi connectivity index (χ1) is 20.3. The molecule has 0 aliphatic carbocycles. The molecule has 11 nitrogen and oxygen atoms in total. The van der Waals surface area contributed by atoms with Gasteiger partial charge in [0.1, 0.15) is 0 Å². The van der Waals surface area contributed by atoms with Crippen LogP contribution in [0.15, 0.2) is 60.8 Å². The molecule has 0 radical (unpaired) electrons. The number of aliphatic hydroxyl groups is 2. The second-order valence-electron chi connectivity index (χ2n) is 11.1. The van der Waals surface area contributed by atoms with Crippen molar-refractivity contribution in [2.24, 2.45) is 5.92 Å². The van der Waals surface area contributed by atoms with Gasteiger partial charge in [0, 0.05) is 74.6 Å². The van der Waals surface area contributed by atoms with Crippen molar-refractivity contribution in [1.29, 1.82) is 0 Å². The maximum Gasteiger partial charge on any atom is 0.264 e. The average Bonchev–Trinajstić information content (AvgIpc) is 3.51. The van der Waals surface area contributed by atoms with Crippen molar-refractivity contribution < 1.29 is 24.6 Å². The molecule has 2 atom stereocenters. The van der Waals surface area contributed by atoms with Gasteiger partial charge in [-0.05, 0) is 42.3 Å². The lowest BCUT2D eigenvalue weighted by atomic mass is 9.82. The Morgan fingerprint density at radius 1 is 1.00 bits per heavy atom. The fourth-order valence-corrected chi connectivity index (χ4v) is 5.72. The number of amides is 3. The predicted molar refractivity (Wildman–Crippen MR) is 156 cm³/mol. The zero-order valence-corrected chi connectivity index (χ0v) is 23.5. The normalized spacial score (nSPS) is 20.7. The second kappa shape index (κ2) is 11.1. The Bertz CT molecular complexity index is 1550. The lowest BCUT2D eigenvalue weighted by Gasteiger charge is -2.32. The maximum atomic E-state index is 14.0. The Hall–Kier alpha value is -4.35. The highest BCUT2D eigenvalue weighted by Gasteiger charge is 2.53. The van der Waals surface area contributed by atoms with E-state index in [1.54, 1.807) is 31.6 Å². The van der Waals surface area contributed by atoms with E-state index >= 15 is 0 Å². The number of β-lactam (4-membered cyclic amide) rings is 2. The molecule has 4 heterocycles. The highest BCUT2D eigenvalue weighted by molar-refractivity contribution is 6.08. The minimum atomic E-state index is -1.82. The third-order valence-electron chi connectivity index (χ3n) is 8.42. The number of carbonyl (C=O) groups is 3. The predicted octanol–water partition coefficient (Wildman–Crippen LogP) is 2.30. The summed E-state index contributed by atoms with van der Waals surface area (Å²) < 4.78 is 1.70. The van der Waals surface area contributed by atoms with E-state index in [-0.39, 0.29) is 25.0 Å². The number of allylic oxidation sites excluding steroid dienone is 1. The molecule has 11 heteroatoms. The van der Waals surface area contributed by atoms with Crippen LogP contribution in [-0.4, -0.2) is 62.6 Å². The number of nitrogens with zero attached hydrogens (tertiary/aromatic N) is 6. The smallest absolute Gasteiger partial charge is 0.264 e. The molecule has 3 aliphatic rings. The van der Waals surface area contributed by atoms with Crippen molar-refractivity contribution in [1.82, 2.24) is 15.0 Å². The number of aryl methyl sites for hydroxylation is 1. The lowest BCUT2D eigenvalue weighted by molar-refractivity contribution is -0.139. The van der Waals surface area contributed by atoms with Gasteiger partial charge in [-0.25, -0.2) is 0 Å². The van der Waals surface area contributed by atoms with E-state index in [1.807, 2.05) is 55.5 Å². The van der Waals surface area contributed by atoms with E-state index < -0.39 is 17.4 Å². The molecule has 3 aliphatic heterocycles. The standard InChI is InChI=1S/C31H34N6O5/c1-21(4-2-3-14-34-20-23(13-17-38)32-33-34)31(42)26-18-25(36-16-12-29(36)40)9-10-27(26)37(30(31)41)19-22-5-7-24(8-6-22)35-15-11-28(35)39/h2,4-10,18,20-21,38,42H,3,11-17,19H2,1H3/b4-2+/t21-,31+/m1/s1. The number of aromatic nitrogens is 3. The minimum absolute atomic E-state index is 0.0137. The molecule has 2 fully saturated rings. The number of fused-ring (bicyclic) bond motifs is 1. The summed E-state index contributed by atoms with van der Waals surface area (Å²) in [6, 6.07) is 13.0. The van der Waals surface area contributed by atoms with Gasteiger partial charge in [-0.1, -0.05) is 36.4 Å². The maximum absolute atomic E-state index is 14.0. The summed E-state index contributed by atoms with van der Waals surface area (Å²) in [5.41, 5.74) is 2.36. The summed E-state index contributed by atoms with van der Waals surface area (Å²) in [5, 5.41) is 29.3. The summed E-state index contributed by atoms with van der Waals surface area (Å²) >= 11 is 0. The molecular weight excluding hydrogens is 536 g/mol. The zero-order chi connectivity index (χ0) is 29.4. The number of benzene rings is 2. The van der Waals surface area contributed by atoms with Crippen LogP contribution in [0.2, 0.25) is 0 Å². The van der Waals surface area contributed by atoms with Gasteiger partial charge >= 0.3 is 0 Å². The topological polar surface area (TPSA) is 132 Å². The van der Waals surface area contributed by atoms with E-state index in [9.17, 15) is 19.5 Å². The molecule has 6 rings (SSSR count). The number of hydrogen-bond acceptors (Lipinski definition) is 7. The largest absolute Gasteiger partial charge is 0.396 e. The van der Waals surface area contributed by atoms with Crippen LogP contribution in [0.3, 0.4) is 0 Å². The molecule has 2 N–H and O–H groups in total. The quantitative estimate of drug-likeness (QED) is 0.267. The fourth-order valence-electron chi connectivity index (χ4n) is 5.72. The van der Waals surface area contributed by atoms with Crippen molar-refractivity contribution in [3.8, 4) is 0 Å². The Morgan fingerprint density at radius 2 is 1.69 bits per heavy atom. The molecule has 0 spiro atoms. The summed E-state index contributed by atoms with van der Waals surface area (Å²) in [6.45, 7) is 3.97. The number of rotatable bonds is 11. The zero-order valence-electron chi connectivity index (χ0n) is 23.5. The fraction of sp³-hybridized carbons (Fsp3) is 0.387. The Balaban J connectivity index is 1.23. The van der Waals surface area contributed by atoms with Gasteiger partial charge < -0.3 is 24.9 Å². The molecule has 1 aromatic heterocycles. The van der Waals surface area contributed by atoms with Crippen LogP contribution in [0.1, 0.15) is 43.0 Å². The lowest BCUT2D eigenvalue weighted by Crippen LogP contribution is -2.45. The van der Waals surface area contributed by atoms with Gasteiger partial charge in [0.2, 0.25) is 11.8 Å². The molecule has 0 bridgehead atoms. The van der Waals surface area contributed by atoms with E-state index in [0.717, 1.165) is 16.9 Å². The highest BCUT2D eigenvalue weighted by Crippen LogP contribution is 2.47. The van der Waals surface area contributed by atoms with Crippen LogP contribution in [0.4, 0.5) is 17.1 Å². The molecular formula is C31H34N6O5. The van der Waals surface area contributed by atoms with Gasteiger partial charge in [0.05, 0.1) is 17.9 Å². The molecule has 0 saturated carbocycles. The number of carbonyl (C=O) groups excluding carboxylic acids is 3. The molecule has 218 valence electrons. The van der Waals surface area contributed by atoms with Crippen LogP contribution < -0.4 is 14.7 Å². The van der Waals surface area contributed by atoms with Crippen LogP contribution >= 0.6 is 0 Å². The van der Waals surface area contributed by atoms with Gasteiger partial charge in [-0.3, -0.25) is 19.1 Å². The SMILES string of the molecule is C[C@H](/C=C/CCn1cc(CCO)nn1)[C@@]1(O)C(=O)N(Cc2ccc(N3CCC3=O)cc2)c2ccc(N3CCC3=O)cc21. The number of anilines is 3. The van der Waals surface area contributed by atoms with Gasteiger partial charge in [0.15, 0.2) is 5.60 Å². The van der Waals surface area contributed by atoms with E-state index in [1.165, 1.54) is 0 Å². The van der Waals surface area contributed by atoms with E-state index in [4.69, 9.17) is 5.11 Å². The van der Waals surface area contributed by atoms with E-state index in [2.05, 4.69) is 10.3 Å². The molecule has 2 aromatic carbocycles. The van der Waals surface area contributed by atoms with Crippen LogP contribution in [0, 0.1) is 5.92 Å². The molecule has 3 amide bonds. The van der Waals surface area contributed by atoms with Gasteiger partial charge in [0.25, 0.3) is 5.91 Å². The third kappa shape index (κ3) is 4.88. The van der Waals surface area contributed by atoms with Crippen LogP contribution in [0.5, 0.6) is 0 Å². The monoisotopic (exact) mass is 570 g/mol. The molecule has 42 heavy (non-hydrogen) atoms. The average molecular weight is 571 g/mol. The number of hydrogen-bond donors (Lipinski definition) is 2. The first-order valence-electron chi connectivity index (χ1n) is 14.3. The Kier molecular flexibility index (Phi) is 7.38. The first-order valence-corrected chi connectivity index (χ1v) is 14.3. The minimum Gasteiger partial charge on any atom is -0.396 e. The molecule has 3 aromatic rings. The van der Waals surface area contributed by atoms with Crippen LogP contribution in [-0.2, 0) is 39.5 Å². The highest BCUT2D eigenvalue weighted by atomic mass is 16.3. The Labute approximate surface area is 243 Å².